The number of aromatic amines is 1. The lowest BCUT2D eigenvalue weighted by Gasteiger charge is -2.19. The van der Waals surface area contributed by atoms with Crippen LogP contribution in [0.1, 0.15) is 23.5 Å². The van der Waals surface area contributed by atoms with Crippen molar-refractivity contribution < 1.29 is 9.59 Å². The maximum Gasteiger partial charge on any atom is 0.228 e. The summed E-state index contributed by atoms with van der Waals surface area (Å²) in [5.41, 5.74) is 3.19. The molecule has 1 unspecified atom stereocenters. The van der Waals surface area contributed by atoms with Gasteiger partial charge in [0.1, 0.15) is 6.29 Å². The Morgan fingerprint density at radius 3 is 3.11 bits per heavy atom. The number of H-pyrrole nitrogens is 1. The van der Waals surface area contributed by atoms with Crippen molar-refractivity contribution in [3.05, 3.63) is 35.5 Å². The van der Waals surface area contributed by atoms with Crippen molar-refractivity contribution in [1.29, 1.82) is 0 Å². The number of carbonyl (C=O) groups is 2. The molecule has 4 heteroatoms. The minimum Gasteiger partial charge on any atom is -0.361 e. The highest BCUT2D eigenvalue weighted by atomic mass is 16.2. The number of hydrogen-bond donors (Lipinski definition) is 2. The van der Waals surface area contributed by atoms with E-state index in [-0.39, 0.29) is 18.2 Å². The fourth-order valence-corrected chi connectivity index (χ4v) is 2.69. The predicted molar refractivity (Wildman–Crippen MR) is 68.4 cm³/mol. The zero-order chi connectivity index (χ0) is 12.5. The molecule has 0 aliphatic carbocycles. The van der Waals surface area contributed by atoms with Crippen LogP contribution in [0.2, 0.25) is 0 Å². The molecule has 92 valence electrons. The van der Waals surface area contributed by atoms with Crippen molar-refractivity contribution in [2.45, 2.75) is 18.8 Å². The molecule has 3 rings (SSSR count). The van der Waals surface area contributed by atoms with Gasteiger partial charge in [-0.1, -0.05) is 12.1 Å². The third-order valence-corrected chi connectivity index (χ3v) is 3.54. The lowest BCUT2D eigenvalue weighted by molar-refractivity contribution is -0.124. The molecule has 1 aliphatic heterocycles. The van der Waals surface area contributed by atoms with Gasteiger partial charge in [0, 0.05) is 30.1 Å². The van der Waals surface area contributed by atoms with E-state index in [1.165, 1.54) is 5.56 Å². The molecule has 2 N–H and O–H groups in total. The largest absolute Gasteiger partial charge is 0.361 e. The summed E-state index contributed by atoms with van der Waals surface area (Å²) in [5, 5.41) is 3.99. The Kier molecular flexibility index (Phi) is 2.63. The Balaban J connectivity index is 2.25. The van der Waals surface area contributed by atoms with Gasteiger partial charge in [0.2, 0.25) is 5.91 Å². The first-order chi connectivity index (χ1) is 8.81. The van der Waals surface area contributed by atoms with E-state index in [0.717, 1.165) is 29.2 Å². The van der Waals surface area contributed by atoms with E-state index in [1.807, 2.05) is 24.4 Å². The van der Waals surface area contributed by atoms with Gasteiger partial charge in [-0.3, -0.25) is 4.79 Å². The van der Waals surface area contributed by atoms with Crippen molar-refractivity contribution in [3.8, 4) is 0 Å². The molecule has 18 heavy (non-hydrogen) atoms. The van der Waals surface area contributed by atoms with Gasteiger partial charge in [-0.2, -0.15) is 0 Å². The van der Waals surface area contributed by atoms with Crippen LogP contribution in [0.4, 0.5) is 0 Å². The van der Waals surface area contributed by atoms with Crippen LogP contribution >= 0.6 is 0 Å². The van der Waals surface area contributed by atoms with Crippen molar-refractivity contribution in [2.75, 3.05) is 6.54 Å². The van der Waals surface area contributed by atoms with Gasteiger partial charge >= 0.3 is 0 Å². The van der Waals surface area contributed by atoms with Crippen LogP contribution in [0, 0.1) is 0 Å². The number of carbonyl (C=O) groups excluding carboxylic acids is 2. The van der Waals surface area contributed by atoms with E-state index in [0.29, 0.717) is 6.54 Å². The van der Waals surface area contributed by atoms with E-state index in [9.17, 15) is 9.59 Å². The maximum atomic E-state index is 12.0. The summed E-state index contributed by atoms with van der Waals surface area (Å²) in [6.07, 6.45) is 3.85. The van der Waals surface area contributed by atoms with Crippen molar-refractivity contribution in [2.24, 2.45) is 0 Å². The van der Waals surface area contributed by atoms with Gasteiger partial charge in [0.05, 0.1) is 5.92 Å². The summed E-state index contributed by atoms with van der Waals surface area (Å²) < 4.78 is 0. The Labute approximate surface area is 104 Å². The van der Waals surface area contributed by atoms with Gasteiger partial charge < -0.3 is 15.1 Å². The van der Waals surface area contributed by atoms with Gasteiger partial charge in [-0.15, -0.1) is 0 Å². The standard InChI is InChI=1S/C14H14N2O2/c17-7-5-11-10-2-1-3-12-13(10)9(8-16-12)4-6-15-14(11)18/h1-3,7-8,11,16H,4-6H2,(H,15,18). The molecule has 0 fully saturated rings. The lowest BCUT2D eigenvalue weighted by atomic mass is 9.89. The van der Waals surface area contributed by atoms with E-state index in [2.05, 4.69) is 10.3 Å². The molecule has 1 aromatic heterocycles. The van der Waals surface area contributed by atoms with Crippen molar-refractivity contribution in [1.82, 2.24) is 10.3 Å². The molecular weight excluding hydrogens is 228 g/mol. The van der Waals surface area contributed by atoms with Crippen LogP contribution in [0.3, 0.4) is 0 Å². The summed E-state index contributed by atoms with van der Waals surface area (Å²) >= 11 is 0. The number of rotatable bonds is 2. The number of aromatic nitrogens is 1. The summed E-state index contributed by atoms with van der Waals surface area (Å²) in [6.45, 7) is 0.621. The Hall–Kier alpha value is -2.10. The quantitative estimate of drug-likeness (QED) is 0.784. The number of hydrogen-bond acceptors (Lipinski definition) is 2. The molecule has 0 saturated carbocycles. The first-order valence-corrected chi connectivity index (χ1v) is 6.11. The third kappa shape index (κ3) is 1.61. The maximum absolute atomic E-state index is 12.0. The van der Waals surface area contributed by atoms with Gasteiger partial charge in [-0.25, -0.2) is 0 Å². The fraction of sp³-hybridized carbons (Fsp3) is 0.286. The lowest BCUT2D eigenvalue weighted by Crippen LogP contribution is -2.32. The second-order valence-corrected chi connectivity index (χ2v) is 4.58. The highest BCUT2D eigenvalue weighted by Gasteiger charge is 2.25. The molecule has 2 aromatic rings. The van der Waals surface area contributed by atoms with Crippen LogP contribution < -0.4 is 5.32 Å². The SMILES string of the molecule is O=CCC1C(=O)NCCc2c[nH]c3cccc1c23. The van der Waals surface area contributed by atoms with E-state index >= 15 is 0 Å². The predicted octanol–water partition coefficient (Wildman–Crippen LogP) is 1.51. The average molecular weight is 242 g/mol. The van der Waals surface area contributed by atoms with Crippen molar-refractivity contribution >= 4 is 23.1 Å². The molecule has 0 spiro atoms. The minimum absolute atomic E-state index is 0.0542. The van der Waals surface area contributed by atoms with Crippen LogP contribution in [0.5, 0.6) is 0 Å². The van der Waals surface area contributed by atoms with Gasteiger partial charge in [0.25, 0.3) is 0 Å². The van der Waals surface area contributed by atoms with Gasteiger partial charge in [0.15, 0.2) is 0 Å². The zero-order valence-electron chi connectivity index (χ0n) is 9.90. The zero-order valence-corrected chi connectivity index (χ0v) is 9.90. The second-order valence-electron chi connectivity index (χ2n) is 4.58. The van der Waals surface area contributed by atoms with Gasteiger partial charge in [-0.05, 0) is 23.6 Å². The van der Waals surface area contributed by atoms with Crippen molar-refractivity contribution in [3.63, 3.8) is 0 Å². The minimum atomic E-state index is -0.374. The average Bonchev–Trinajstić information content (AvgIpc) is 2.78. The Morgan fingerprint density at radius 1 is 1.39 bits per heavy atom. The molecule has 1 aliphatic rings. The first kappa shape index (κ1) is 11.0. The molecule has 1 amide bonds. The Morgan fingerprint density at radius 2 is 2.28 bits per heavy atom. The summed E-state index contributed by atoms with van der Waals surface area (Å²) in [7, 11) is 0. The summed E-state index contributed by atoms with van der Waals surface area (Å²) in [6, 6.07) is 5.86. The summed E-state index contributed by atoms with van der Waals surface area (Å²) in [4.78, 5) is 26.1. The molecule has 1 atom stereocenters. The molecular formula is C14H14N2O2. The fourth-order valence-electron chi connectivity index (χ4n) is 2.69. The van der Waals surface area contributed by atoms with E-state index in [1.54, 1.807) is 0 Å². The molecule has 2 heterocycles. The highest BCUT2D eigenvalue weighted by Crippen LogP contribution is 2.31. The van der Waals surface area contributed by atoms with E-state index < -0.39 is 0 Å². The molecule has 0 bridgehead atoms. The first-order valence-electron chi connectivity index (χ1n) is 6.11. The van der Waals surface area contributed by atoms with Crippen LogP contribution in [-0.2, 0) is 16.0 Å². The third-order valence-electron chi connectivity index (χ3n) is 3.54. The molecule has 4 nitrogen and oxygen atoms in total. The molecule has 0 radical (unpaired) electrons. The topological polar surface area (TPSA) is 62.0 Å². The number of amides is 1. The number of nitrogens with one attached hydrogen (secondary N) is 2. The monoisotopic (exact) mass is 242 g/mol. The Bertz CT molecular complexity index is 615. The second kappa shape index (κ2) is 4.29. The normalized spacial score (nSPS) is 19.1. The van der Waals surface area contributed by atoms with E-state index in [4.69, 9.17) is 0 Å². The molecule has 0 saturated heterocycles. The smallest absolute Gasteiger partial charge is 0.228 e. The molecule has 1 aromatic carbocycles. The van der Waals surface area contributed by atoms with Crippen LogP contribution in [0.15, 0.2) is 24.4 Å². The number of benzene rings is 1. The summed E-state index contributed by atoms with van der Waals surface area (Å²) in [5.74, 6) is -0.428. The van der Waals surface area contributed by atoms with Crippen LogP contribution in [-0.4, -0.2) is 23.7 Å². The number of aldehydes is 1. The highest BCUT2D eigenvalue weighted by molar-refractivity contribution is 5.95. The van der Waals surface area contributed by atoms with Crippen LogP contribution in [0.25, 0.3) is 10.9 Å².